The summed E-state index contributed by atoms with van der Waals surface area (Å²) < 4.78 is 0. The molecular formula is C25H30N4O2. The Balaban J connectivity index is 1.92. The van der Waals surface area contributed by atoms with Crippen LogP contribution in [0.5, 0.6) is 0 Å². The Bertz CT molecular complexity index is 989. The van der Waals surface area contributed by atoms with E-state index in [9.17, 15) is 9.59 Å². The first kappa shape index (κ1) is 22.3. The van der Waals surface area contributed by atoms with Crippen LogP contribution in [0.3, 0.4) is 0 Å². The lowest BCUT2D eigenvalue weighted by Gasteiger charge is -2.29. The fourth-order valence-corrected chi connectivity index (χ4v) is 3.55. The van der Waals surface area contributed by atoms with Crippen molar-refractivity contribution in [3.05, 3.63) is 76.4 Å². The van der Waals surface area contributed by atoms with Gasteiger partial charge in [-0.05, 0) is 48.0 Å². The maximum atomic E-state index is 13.2. The van der Waals surface area contributed by atoms with Gasteiger partial charge in [0.2, 0.25) is 0 Å². The van der Waals surface area contributed by atoms with E-state index in [0.717, 1.165) is 23.4 Å². The van der Waals surface area contributed by atoms with Crippen molar-refractivity contribution in [2.24, 2.45) is 0 Å². The summed E-state index contributed by atoms with van der Waals surface area (Å²) in [7, 11) is 7.49. The van der Waals surface area contributed by atoms with E-state index in [0.29, 0.717) is 11.1 Å². The summed E-state index contributed by atoms with van der Waals surface area (Å²) in [6.07, 6.45) is 3.75. The second-order valence-corrected chi connectivity index (χ2v) is 7.84. The molecule has 162 valence electrons. The number of ketones is 1. The summed E-state index contributed by atoms with van der Waals surface area (Å²) in [5.74, 6) is -0.0175. The first-order chi connectivity index (χ1) is 14.9. The summed E-state index contributed by atoms with van der Waals surface area (Å²) in [6, 6.07) is 15.9. The number of nitrogens with zero attached hydrogens (tertiary/aromatic N) is 2. The highest BCUT2D eigenvalue weighted by Gasteiger charge is 2.28. The third-order valence-electron chi connectivity index (χ3n) is 5.26. The molecule has 0 atom stereocenters. The van der Waals surface area contributed by atoms with Crippen LogP contribution in [0.1, 0.15) is 16.7 Å². The summed E-state index contributed by atoms with van der Waals surface area (Å²) >= 11 is 0. The van der Waals surface area contributed by atoms with Crippen LogP contribution >= 0.6 is 0 Å². The molecule has 0 spiro atoms. The van der Waals surface area contributed by atoms with Gasteiger partial charge in [0.25, 0.3) is 0 Å². The molecule has 1 saturated heterocycles. The van der Waals surface area contributed by atoms with E-state index in [1.807, 2.05) is 86.7 Å². The van der Waals surface area contributed by atoms with Gasteiger partial charge in [0.05, 0.1) is 13.1 Å². The zero-order chi connectivity index (χ0) is 22.4. The number of hydrogen-bond acceptors (Lipinski definition) is 4. The number of urea groups is 1. The van der Waals surface area contributed by atoms with Crippen LogP contribution in [-0.2, 0) is 11.3 Å². The van der Waals surface area contributed by atoms with Crippen LogP contribution in [0.4, 0.5) is 10.5 Å². The molecule has 6 nitrogen and oxygen atoms in total. The first-order valence-corrected chi connectivity index (χ1v) is 10.3. The molecule has 0 saturated carbocycles. The Morgan fingerprint density at radius 1 is 0.935 bits per heavy atom. The van der Waals surface area contributed by atoms with E-state index in [2.05, 4.69) is 10.6 Å². The average Bonchev–Trinajstić information content (AvgIpc) is 2.77. The standard InChI is InChI=1S/C25H30N4O2/c1-26-15-20-7-5-18(6-8-20)13-21-16-29(25(31)27-2)17-22(24(21)30)14-19-9-11-23(12-10-19)28(3)4/h5-14,26H,15-17H2,1-4H3,(H,27,31)/b21-13+,22-14+. The minimum Gasteiger partial charge on any atom is -0.378 e. The molecular weight excluding hydrogens is 388 g/mol. The van der Waals surface area contributed by atoms with Crippen LogP contribution in [-0.4, -0.2) is 58.0 Å². The van der Waals surface area contributed by atoms with Crippen LogP contribution in [0.15, 0.2) is 59.7 Å². The number of nitrogens with one attached hydrogen (secondary N) is 2. The third-order valence-corrected chi connectivity index (χ3v) is 5.26. The molecule has 1 heterocycles. The summed E-state index contributed by atoms with van der Waals surface area (Å²) in [4.78, 5) is 29.2. The predicted molar refractivity (Wildman–Crippen MR) is 127 cm³/mol. The second kappa shape index (κ2) is 10.1. The number of amides is 2. The Morgan fingerprint density at radius 3 is 1.90 bits per heavy atom. The van der Waals surface area contributed by atoms with Crippen LogP contribution < -0.4 is 15.5 Å². The summed E-state index contributed by atoms with van der Waals surface area (Å²) in [5.41, 5.74) is 5.35. The zero-order valence-electron chi connectivity index (χ0n) is 18.6. The molecule has 0 unspecified atom stereocenters. The van der Waals surface area contributed by atoms with Gasteiger partial charge in [-0.1, -0.05) is 36.4 Å². The topological polar surface area (TPSA) is 64.7 Å². The average molecular weight is 419 g/mol. The van der Waals surface area contributed by atoms with Crippen molar-refractivity contribution in [3.8, 4) is 0 Å². The lowest BCUT2D eigenvalue weighted by Crippen LogP contribution is -2.45. The monoisotopic (exact) mass is 418 g/mol. The third kappa shape index (κ3) is 5.61. The maximum absolute atomic E-state index is 13.2. The summed E-state index contributed by atoms with van der Waals surface area (Å²) in [6.45, 7) is 1.36. The van der Waals surface area contributed by atoms with E-state index in [-0.39, 0.29) is 24.9 Å². The van der Waals surface area contributed by atoms with E-state index in [1.54, 1.807) is 11.9 Å². The SMILES string of the molecule is CNCc1ccc(/C=C2\CN(C(=O)NC)C/C(=C\c3ccc(N(C)C)cc3)C2=O)cc1. The Morgan fingerprint density at radius 2 is 1.45 bits per heavy atom. The van der Waals surface area contributed by atoms with Crippen molar-refractivity contribution in [3.63, 3.8) is 0 Å². The Hall–Kier alpha value is -3.38. The largest absolute Gasteiger partial charge is 0.378 e. The summed E-state index contributed by atoms with van der Waals surface area (Å²) in [5, 5.41) is 5.79. The fraction of sp³-hybridized carbons (Fsp3) is 0.280. The van der Waals surface area contributed by atoms with Gasteiger partial charge in [0, 0.05) is 44.5 Å². The van der Waals surface area contributed by atoms with E-state index >= 15 is 0 Å². The molecule has 2 aromatic carbocycles. The number of benzene rings is 2. The van der Waals surface area contributed by atoms with Gasteiger partial charge < -0.3 is 20.4 Å². The number of rotatable bonds is 5. The van der Waals surface area contributed by atoms with Crippen LogP contribution in [0, 0.1) is 0 Å². The number of anilines is 1. The minimum absolute atomic E-state index is 0.0175. The molecule has 0 aliphatic carbocycles. The molecule has 31 heavy (non-hydrogen) atoms. The lowest BCUT2D eigenvalue weighted by atomic mass is 9.94. The fourth-order valence-electron chi connectivity index (χ4n) is 3.55. The van der Waals surface area contributed by atoms with E-state index < -0.39 is 0 Å². The molecule has 1 aliphatic heterocycles. The number of likely N-dealkylation sites (tertiary alicyclic amines) is 1. The number of carbonyl (C=O) groups excluding carboxylic acids is 2. The number of carbonyl (C=O) groups is 2. The van der Waals surface area contributed by atoms with Crippen molar-refractivity contribution < 1.29 is 9.59 Å². The highest BCUT2D eigenvalue weighted by Crippen LogP contribution is 2.23. The number of Topliss-reactive ketones (excluding diaryl/α,β-unsaturated/α-hetero) is 1. The predicted octanol–water partition coefficient (Wildman–Crippen LogP) is 3.16. The van der Waals surface area contributed by atoms with Gasteiger partial charge in [0.1, 0.15) is 0 Å². The molecule has 1 fully saturated rings. The Kier molecular flexibility index (Phi) is 7.26. The van der Waals surface area contributed by atoms with Gasteiger partial charge in [-0.3, -0.25) is 4.79 Å². The molecule has 2 N–H and O–H groups in total. The van der Waals surface area contributed by atoms with Crippen LogP contribution in [0.2, 0.25) is 0 Å². The zero-order valence-corrected chi connectivity index (χ0v) is 18.6. The first-order valence-electron chi connectivity index (χ1n) is 10.3. The smallest absolute Gasteiger partial charge is 0.317 e. The van der Waals surface area contributed by atoms with Crippen molar-refractivity contribution in [2.45, 2.75) is 6.54 Å². The lowest BCUT2D eigenvalue weighted by molar-refractivity contribution is -0.113. The van der Waals surface area contributed by atoms with Crippen molar-refractivity contribution >= 4 is 29.7 Å². The molecule has 6 heteroatoms. The van der Waals surface area contributed by atoms with Gasteiger partial charge in [-0.15, -0.1) is 0 Å². The van der Waals surface area contributed by atoms with Crippen molar-refractivity contribution in [2.75, 3.05) is 46.2 Å². The molecule has 1 aliphatic rings. The second-order valence-electron chi connectivity index (χ2n) is 7.84. The minimum atomic E-state index is -0.198. The van der Waals surface area contributed by atoms with Crippen molar-refractivity contribution in [1.29, 1.82) is 0 Å². The molecule has 2 amide bonds. The van der Waals surface area contributed by atoms with Gasteiger partial charge in [0.15, 0.2) is 5.78 Å². The normalized spacial score (nSPS) is 16.6. The van der Waals surface area contributed by atoms with Gasteiger partial charge >= 0.3 is 6.03 Å². The van der Waals surface area contributed by atoms with E-state index in [4.69, 9.17) is 0 Å². The molecule has 0 radical (unpaired) electrons. The number of piperidine rings is 1. The van der Waals surface area contributed by atoms with E-state index in [1.165, 1.54) is 5.56 Å². The highest BCUT2D eigenvalue weighted by molar-refractivity contribution is 6.15. The quantitative estimate of drug-likeness (QED) is 0.732. The molecule has 0 bridgehead atoms. The molecule has 3 rings (SSSR count). The Labute approximate surface area is 184 Å². The molecule has 2 aromatic rings. The highest BCUT2D eigenvalue weighted by atomic mass is 16.2. The van der Waals surface area contributed by atoms with Gasteiger partial charge in [-0.2, -0.15) is 0 Å². The maximum Gasteiger partial charge on any atom is 0.317 e. The number of hydrogen-bond donors (Lipinski definition) is 2. The van der Waals surface area contributed by atoms with Gasteiger partial charge in [-0.25, -0.2) is 4.79 Å². The van der Waals surface area contributed by atoms with Crippen LogP contribution in [0.25, 0.3) is 12.2 Å². The van der Waals surface area contributed by atoms with Crippen molar-refractivity contribution in [1.82, 2.24) is 15.5 Å². The molecule has 0 aromatic heterocycles.